The van der Waals surface area contributed by atoms with Gasteiger partial charge in [-0.3, -0.25) is 9.80 Å². The molecule has 0 aromatic carbocycles. The Bertz CT molecular complexity index is 299. The minimum Gasteiger partial charge on any atom is -0.384 e. The number of fused-ring (bicyclic) bond motifs is 1. The number of hydrogen-bond acceptors (Lipinski definition) is 4. The number of methoxy groups -OCH3 is 1. The Kier molecular flexibility index (Phi) is 3.63. The lowest BCUT2D eigenvalue weighted by Crippen LogP contribution is -2.59. The van der Waals surface area contributed by atoms with Gasteiger partial charge in [-0.15, -0.1) is 0 Å². The van der Waals surface area contributed by atoms with Crippen molar-refractivity contribution in [2.24, 2.45) is 11.7 Å². The van der Waals surface area contributed by atoms with Crippen molar-refractivity contribution in [1.82, 2.24) is 9.80 Å². The minimum absolute atomic E-state index is 0.277. The van der Waals surface area contributed by atoms with E-state index in [1.807, 2.05) is 7.11 Å². The van der Waals surface area contributed by atoms with Crippen molar-refractivity contribution in [3.8, 4) is 0 Å². The molecule has 3 fully saturated rings. The Morgan fingerprint density at radius 1 is 1.28 bits per heavy atom. The lowest BCUT2D eigenvalue weighted by atomic mass is 9.87. The Morgan fingerprint density at radius 3 is 2.94 bits per heavy atom. The van der Waals surface area contributed by atoms with Crippen LogP contribution in [0.4, 0.5) is 0 Å². The van der Waals surface area contributed by atoms with E-state index in [1.54, 1.807) is 0 Å². The summed E-state index contributed by atoms with van der Waals surface area (Å²) in [4.78, 5) is 5.38. The predicted octanol–water partition coefficient (Wildman–Crippen LogP) is 0.520. The highest BCUT2D eigenvalue weighted by Gasteiger charge is 2.52. The van der Waals surface area contributed by atoms with Crippen molar-refractivity contribution in [3.05, 3.63) is 0 Å². The lowest BCUT2D eigenvalue weighted by molar-refractivity contribution is 0.0771. The molecule has 2 N–H and O–H groups in total. The van der Waals surface area contributed by atoms with E-state index in [9.17, 15) is 0 Å². The van der Waals surface area contributed by atoms with Gasteiger partial charge in [0.05, 0.1) is 6.61 Å². The van der Waals surface area contributed by atoms with Crippen molar-refractivity contribution >= 4 is 0 Å². The van der Waals surface area contributed by atoms with Crippen LogP contribution in [0.25, 0.3) is 0 Å². The van der Waals surface area contributed by atoms with Gasteiger partial charge in [-0.2, -0.15) is 0 Å². The Morgan fingerprint density at radius 2 is 2.17 bits per heavy atom. The molecule has 3 unspecified atom stereocenters. The maximum absolute atomic E-state index is 6.22. The molecule has 4 nitrogen and oxygen atoms in total. The van der Waals surface area contributed by atoms with E-state index >= 15 is 0 Å². The van der Waals surface area contributed by atoms with Gasteiger partial charge in [-0.1, -0.05) is 0 Å². The van der Waals surface area contributed by atoms with Gasteiger partial charge in [0.25, 0.3) is 0 Å². The van der Waals surface area contributed by atoms with Gasteiger partial charge in [-0.05, 0) is 44.7 Å². The van der Waals surface area contributed by atoms with Crippen molar-refractivity contribution in [1.29, 1.82) is 0 Å². The van der Waals surface area contributed by atoms with Crippen molar-refractivity contribution in [2.45, 2.75) is 37.3 Å². The smallest absolute Gasteiger partial charge is 0.0503 e. The molecule has 0 bridgehead atoms. The van der Waals surface area contributed by atoms with E-state index in [-0.39, 0.29) is 5.54 Å². The fourth-order valence-corrected chi connectivity index (χ4v) is 4.55. The zero-order chi connectivity index (χ0) is 12.6. The monoisotopic (exact) mass is 253 g/mol. The molecule has 0 aliphatic carbocycles. The van der Waals surface area contributed by atoms with Gasteiger partial charge in [-0.25, -0.2) is 0 Å². The van der Waals surface area contributed by atoms with Gasteiger partial charge in [0, 0.05) is 38.3 Å². The third-order valence-corrected chi connectivity index (χ3v) is 5.49. The average Bonchev–Trinajstić information content (AvgIpc) is 3.04. The summed E-state index contributed by atoms with van der Waals surface area (Å²) in [5, 5.41) is 0. The summed E-state index contributed by atoms with van der Waals surface area (Å²) >= 11 is 0. The van der Waals surface area contributed by atoms with Gasteiger partial charge in [0.2, 0.25) is 0 Å². The highest BCUT2D eigenvalue weighted by molar-refractivity contribution is 5.10. The van der Waals surface area contributed by atoms with Crippen LogP contribution in [0.3, 0.4) is 0 Å². The first-order valence-corrected chi connectivity index (χ1v) is 7.48. The highest BCUT2D eigenvalue weighted by atomic mass is 16.5. The van der Waals surface area contributed by atoms with E-state index < -0.39 is 0 Å². The molecule has 0 aromatic heterocycles. The molecule has 3 aliphatic rings. The summed E-state index contributed by atoms with van der Waals surface area (Å²) < 4.78 is 5.32. The summed E-state index contributed by atoms with van der Waals surface area (Å²) in [5.41, 5.74) is 6.50. The molecule has 0 saturated carbocycles. The number of nitrogens with two attached hydrogens (primary N) is 1. The summed E-state index contributed by atoms with van der Waals surface area (Å²) in [7, 11) is 1.82. The van der Waals surface area contributed by atoms with Gasteiger partial charge < -0.3 is 10.5 Å². The quantitative estimate of drug-likeness (QED) is 0.793. The summed E-state index contributed by atoms with van der Waals surface area (Å²) in [6.07, 6.45) is 5.26. The van der Waals surface area contributed by atoms with Crippen LogP contribution in [0.15, 0.2) is 0 Å². The molecule has 0 spiro atoms. The summed E-state index contributed by atoms with van der Waals surface area (Å²) in [6.45, 7) is 6.69. The second kappa shape index (κ2) is 5.08. The minimum atomic E-state index is 0.277. The van der Waals surface area contributed by atoms with E-state index in [0.717, 1.165) is 19.2 Å². The largest absolute Gasteiger partial charge is 0.384 e. The summed E-state index contributed by atoms with van der Waals surface area (Å²) in [5.74, 6) is 0.717. The number of hydrogen-bond donors (Lipinski definition) is 1. The molecule has 0 radical (unpaired) electrons. The molecule has 3 heterocycles. The molecule has 104 valence electrons. The zero-order valence-corrected chi connectivity index (χ0v) is 11.6. The Labute approximate surface area is 110 Å². The fourth-order valence-electron chi connectivity index (χ4n) is 4.55. The van der Waals surface area contributed by atoms with Gasteiger partial charge in [0.15, 0.2) is 0 Å². The lowest BCUT2D eigenvalue weighted by Gasteiger charge is -2.42. The second-order valence-corrected chi connectivity index (χ2v) is 6.31. The highest BCUT2D eigenvalue weighted by Crippen LogP contribution is 2.41. The van der Waals surface area contributed by atoms with Crippen LogP contribution in [0, 0.1) is 5.92 Å². The molecule has 3 rings (SSSR count). The van der Waals surface area contributed by atoms with Crippen LogP contribution in [0.2, 0.25) is 0 Å². The molecule has 3 aliphatic heterocycles. The topological polar surface area (TPSA) is 41.7 Å². The first-order chi connectivity index (χ1) is 8.80. The fraction of sp³-hybridized carbons (Fsp3) is 1.00. The van der Waals surface area contributed by atoms with Crippen molar-refractivity contribution in [2.75, 3.05) is 46.4 Å². The van der Waals surface area contributed by atoms with E-state index in [1.165, 1.54) is 51.9 Å². The van der Waals surface area contributed by atoms with Crippen LogP contribution >= 0.6 is 0 Å². The standard InChI is InChI=1S/C14H27N3O/c1-18-10-12-4-7-17(9-12)14(11-15)5-8-16-6-2-3-13(14)16/h12-13H,2-11,15H2,1H3. The zero-order valence-electron chi connectivity index (χ0n) is 11.6. The normalized spacial score (nSPS) is 41.7. The van der Waals surface area contributed by atoms with Gasteiger partial charge in [0.1, 0.15) is 0 Å². The maximum Gasteiger partial charge on any atom is 0.0503 e. The third-order valence-electron chi connectivity index (χ3n) is 5.49. The van der Waals surface area contributed by atoms with Crippen LogP contribution in [0.5, 0.6) is 0 Å². The number of nitrogens with zero attached hydrogens (tertiary/aromatic N) is 2. The number of likely N-dealkylation sites (tertiary alicyclic amines) is 1. The number of rotatable bonds is 4. The van der Waals surface area contributed by atoms with Crippen LogP contribution in [-0.2, 0) is 4.74 Å². The molecule has 4 heteroatoms. The van der Waals surface area contributed by atoms with Crippen molar-refractivity contribution in [3.63, 3.8) is 0 Å². The van der Waals surface area contributed by atoms with Crippen molar-refractivity contribution < 1.29 is 4.74 Å². The Balaban J connectivity index is 1.72. The van der Waals surface area contributed by atoms with E-state index in [4.69, 9.17) is 10.5 Å². The molecule has 0 aromatic rings. The van der Waals surface area contributed by atoms with Crippen LogP contribution in [0.1, 0.15) is 25.7 Å². The SMILES string of the molecule is COCC1CCN(C2(CN)CCN3CCCC32)C1. The molecule has 3 saturated heterocycles. The molecule has 18 heavy (non-hydrogen) atoms. The third kappa shape index (κ3) is 1.90. The number of ether oxygens (including phenoxy) is 1. The van der Waals surface area contributed by atoms with Gasteiger partial charge >= 0.3 is 0 Å². The average molecular weight is 253 g/mol. The predicted molar refractivity (Wildman–Crippen MR) is 72.6 cm³/mol. The molecule has 3 atom stereocenters. The second-order valence-electron chi connectivity index (χ2n) is 6.31. The molecule has 0 amide bonds. The van der Waals surface area contributed by atoms with Crippen LogP contribution < -0.4 is 5.73 Å². The first kappa shape index (κ1) is 12.9. The first-order valence-electron chi connectivity index (χ1n) is 7.48. The summed E-state index contributed by atoms with van der Waals surface area (Å²) in [6, 6.07) is 0.726. The van der Waals surface area contributed by atoms with E-state index in [2.05, 4.69) is 9.80 Å². The molecular formula is C14H27N3O. The Hall–Kier alpha value is -0.160. The molecular weight excluding hydrogens is 226 g/mol. The maximum atomic E-state index is 6.22. The van der Waals surface area contributed by atoms with Crippen LogP contribution in [-0.4, -0.2) is 67.8 Å². The van der Waals surface area contributed by atoms with E-state index in [0.29, 0.717) is 5.92 Å².